The van der Waals surface area contributed by atoms with Gasteiger partial charge in [-0.3, -0.25) is 4.79 Å². The highest BCUT2D eigenvalue weighted by Crippen LogP contribution is 1.99. The highest BCUT2D eigenvalue weighted by molar-refractivity contribution is 5.67. The zero-order valence-corrected chi connectivity index (χ0v) is 5.49. The SMILES string of the molecule is O=CCC[C@H](O)CC(=O)O. The van der Waals surface area contributed by atoms with Gasteiger partial charge in [-0.1, -0.05) is 0 Å². The van der Waals surface area contributed by atoms with Crippen LogP contribution in [0, 0.1) is 0 Å². The largest absolute Gasteiger partial charge is 0.481 e. The van der Waals surface area contributed by atoms with E-state index in [1.807, 2.05) is 0 Å². The Morgan fingerprint density at radius 1 is 1.60 bits per heavy atom. The first-order valence-electron chi connectivity index (χ1n) is 3.00. The van der Waals surface area contributed by atoms with Crippen LogP contribution in [0.15, 0.2) is 0 Å². The molecule has 0 aromatic rings. The van der Waals surface area contributed by atoms with Crippen LogP contribution in [-0.4, -0.2) is 28.6 Å². The summed E-state index contributed by atoms with van der Waals surface area (Å²) in [6.07, 6.45) is -0.0638. The van der Waals surface area contributed by atoms with E-state index in [0.29, 0.717) is 6.29 Å². The summed E-state index contributed by atoms with van der Waals surface area (Å²) in [5.74, 6) is -1.04. The molecule has 0 aliphatic rings. The first-order chi connectivity index (χ1) is 4.66. The second-order valence-corrected chi connectivity index (χ2v) is 2.00. The molecular formula is C6H10O4. The quantitative estimate of drug-likeness (QED) is 0.527. The van der Waals surface area contributed by atoms with E-state index in [9.17, 15) is 9.59 Å². The highest BCUT2D eigenvalue weighted by atomic mass is 16.4. The molecule has 0 unspecified atom stereocenters. The van der Waals surface area contributed by atoms with Crippen molar-refractivity contribution in [1.82, 2.24) is 0 Å². The van der Waals surface area contributed by atoms with Crippen molar-refractivity contribution >= 4 is 12.3 Å². The van der Waals surface area contributed by atoms with Crippen LogP contribution in [0.3, 0.4) is 0 Å². The van der Waals surface area contributed by atoms with E-state index < -0.39 is 12.1 Å². The summed E-state index contributed by atoms with van der Waals surface area (Å²) in [6.45, 7) is 0. The third-order valence-corrected chi connectivity index (χ3v) is 1.03. The average Bonchev–Trinajstić information content (AvgIpc) is 1.82. The Hall–Kier alpha value is -0.900. The minimum absolute atomic E-state index is 0.217. The van der Waals surface area contributed by atoms with Gasteiger partial charge in [-0.2, -0.15) is 0 Å². The smallest absolute Gasteiger partial charge is 0.305 e. The molecule has 0 bridgehead atoms. The molecular weight excluding hydrogens is 136 g/mol. The summed E-state index contributed by atoms with van der Waals surface area (Å²) in [7, 11) is 0. The number of hydrogen-bond acceptors (Lipinski definition) is 3. The number of aldehydes is 1. The lowest BCUT2D eigenvalue weighted by atomic mass is 10.1. The Morgan fingerprint density at radius 2 is 2.20 bits per heavy atom. The Labute approximate surface area is 58.5 Å². The van der Waals surface area contributed by atoms with Gasteiger partial charge >= 0.3 is 5.97 Å². The van der Waals surface area contributed by atoms with E-state index >= 15 is 0 Å². The van der Waals surface area contributed by atoms with Gasteiger partial charge in [0.2, 0.25) is 0 Å². The zero-order chi connectivity index (χ0) is 7.98. The Balaban J connectivity index is 3.33. The van der Waals surface area contributed by atoms with E-state index in [1.54, 1.807) is 0 Å². The highest BCUT2D eigenvalue weighted by Gasteiger charge is 2.07. The fraction of sp³-hybridized carbons (Fsp3) is 0.667. The van der Waals surface area contributed by atoms with Crippen molar-refractivity contribution in [3.05, 3.63) is 0 Å². The summed E-state index contributed by atoms with van der Waals surface area (Å²) in [4.78, 5) is 19.7. The van der Waals surface area contributed by atoms with Crippen LogP contribution >= 0.6 is 0 Å². The molecule has 10 heavy (non-hydrogen) atoms. The van der Waals surface area contributed by atoms with Gasteiger partial charge in [0.05, 0.1) is 12.5 Å². The van der Waals surface area contributed by atoms with E-state index in [4.69, 9.17) is 10.2 Å². The molecule has 0 aliphatic heterocycles. The van der Waals surface area contributed by atoms with Gasteiger partial charge in [-0.05, 0) is 6.42 Å². The number of carboxylic acid groups (broad SMARTS) is 1. The van der Waals surface area contributed by atoms with Crippen LogP contribution in [-0.2, 0) is 9.59 Å². The average molecular weight is 146 g/mol. The maximum absolute atomic E-state index is 9.92. The van der Waals surface area contributed by atoms with Gasteiger partial charge in [0.15, 0.2) is 0 Å². The molecule has 0 spiro atoms. The standard InChI is InChI=1S/C6H10O4/c7-3-1-2-5(8)4-6(9)10/h3,5,8H,1-2,4H2,(H,9,10)/t5-/m0/s1. The molecule has 0 heterocycles. The molecule has 0 rings (SSSR count). The second kappa shape index (κ2) is 4.93. The summed E-state index contributed by atoms with van der Waals surface area (Å²) < 4.78 is 0. The predicted molar refractivity (Wildman–Crippen MR) is 33.6 cm³/mol. The molecule has 0 aromatic heterocycles. The fourth-order valence-corrected chi connectivity index (χ4v) is 0.564. The summed E-state index contributed by atoms with van der Waals surface area (Å²) in [6, 6.07) is 0. The number of aliphatic hydroxyl groups is 1. The normalized spacial score (nSPS) is 12.5. The van der Waals surface area contributed by atoms with Gasteiger partial charge in [0, 0.05) is 6.42 Å². The van der Waals surface area contributed by atoms with Crippen LogP contribution in [0.1, 0.15) is 19.3 Å². The van der Waals surface area contributed by atoms with Crippen molar-refractivity contribution < 1.29 is 19.8 Å². The number of aliphatic hydroxyl groups excluding tert-OH is 1. The molecule has 0 saturated carbocycles. The topological polar surface area (TPSA) is 74.6 Å². The summed E-state index contributed by atoms with van der Waals surface area (Å²) in [5, 5.41) is 16.9. The lowest BCUT2D eigenvalue weighted by molar-refractivity contribution is -0.139. The first kappa shape index (κ1) is 9.10. The van der Waals surface area contributed by atoms with E-state index in [2.05, 4.69) is 0 Å². The molecule has 0 aromatic carbocycles. The van der Waals surface area contributed by atoms with E-state index in [-0.39, 0.29) is 19.3 Å². The molecule has 0 fully saturated rings. The summed E-state index contributed by atoms with van der Waals surface area (Å²) in [5.41, 5.74) is 0. The molecule has 0 radical (unpaired) electrons. The Kier molecular flexibility index (Phi) is 4.49. The second-order valence-electron chi connectivity index (χ2n) is 2.00. The van der Waals surface area contributed by atoms with E-state index in [0.717, 1.165) is 0 Å². The maximum Gasteiger partial charge on any atom is 0.305 e. The molecule has 4 nitrogen and oxygen atoms in total. The maximum atomic E-state index is 9.92. The molecule has 4 heteroatoms. The van der Waals surface area contributed by atoms with Crippen molar-refractivity contribution in [1.29, 1.82) is 0 Å². The van der Waals surface area contributed by atoms with Crippen LogP contribution in [0.5, 0.6) is 0 Å². The van der Waals surface area contributed by atoms with Crippen molar-refractivity contribution in [3.8, 4) is 0 Å². The molecule has 0 amide bonds. The predicted octanol–water partition coefficient (Wildman–Crippen LogP) is -0.199. The Bertz CT molecular complexity index is 121. The molecule has 1 atom stereocenters. The van der Waals surface area contributed by atoms with Crippen molar-refractivity contribution in [2.24, 2.45) is 0 Å². The molecule has 0 saturated heterocycles. The number of rotatable bonds is 5. The van der Waals surface area contributed by atoms with Crippen LogP contribution < -0.4 is 0 Å². The third kappa shape index (κ3) is 5.24. The fourth-order valence-electron chi connectivity index (χ4n) is 0.564. The van der Waals surface area contributed by atoms with Gasteiger partial charge in [-0.25, -0.2) is 0 Å². The number of carbonyl (C=O) groups excluding carboxylic acids is 1. The third-order valence-electron chi connectivity index (χ3n) is 1.03. The Morgan fingerprint density at radius 3 is 2.60 bits per heavy atom. The molecule has 58 valence electrons. The monoisotopic (exact) mass is 146 g/mol. The van der Waals surface area contributed by atoms with Gasteiger partial charge in [0.1, 0.15) is 6.29 Å². The minimum Gasteiger partial charge on any atom is -0.481 e. The molecule has 0 aliphatic carbocycles. The minimum atomic E-state index is -1.04. The number of carbonyl (C=O) groups is 2. The lowest BCUT2D eigenvalue weighted by Crippen LogP contribution is -2.12. The van der Waals surface area contributed by atoms with Gasteiger partial charge in [-0.15, -0.1) is 0 Å². The van der Waals surface area contributed by atoms with Gasteiger partial charge < -0.3 is 15.0 Å². The number of hydrogen-bond donors (Lipinski definition) is 2. The number of carboxylic acids is 1. The lowest BCUT2D eigenvalue weighted by Gasteiger charge is -2.02. The van der Waals surface area contributed by atoms with Crippen LogP contribution in [0.25, 0.3) is 0 Å². The summed E-state index contributed by atoms with van der Waals surface area (Å²) >= 11 is 0. The van der Waals surface area contributed by atoms with Crippen molar-refractivity contribution in [3.63, 3.8) is 0 Å². The number of aliphatic carboxylic acids is 1. The van der Waals surface area contributed by atoms with E-state index in [1.165, 1.54) is 0 Å². The van der Waals surface area contributed by atoms with Crippen LogP contribution in [0.4, 0.5) is 0 Å². The van der Waals surface area contributed by atoms with Crippen molar-refractivity contribution in [2.75, 3.05) is 0 Å². The first-order valence-corrected chi connectivity index (χ1v) is 3.00. The molecule has 2 N–H and O–H groups in total. The van der Waals surface area contributed by atoms with Crippen LogP contribution in [0.2, 0.25) is 0 Å². The van der Waals surface area contributed by atoms with Gasteiger partial charge in [0.25, 0.3) is 0 Å². The van der Waals surface area contributed by atoms with Crippen molar-refractivity contribution in [2.45, 2.75) is 25.4 Å². The zero-order valence-electron chi connectivity index (χ0n) is 5.49.